The molecule has 2 aliphatic heterocycles. The van der Waals surface area contributed by atoms with Gasteiger partial charge in [-0.05, 0) is 58.2 Å². The molecule has 0 bridgehead atoms. The minimum atomic E-state index is 0. The van der Waals surface area contributed by atoms with Crippen LogP contribution in [-0.2, 0) is 0 Å². The highest BCUT2D eigenvalue weighted by Gasteiger charge is 2.23. The second-order valence-corrected chi connectivity index (χ2v) is 8.10. The van der Waals surface area contributed by atoms with E-state index in [1.807, 2.05) is 0 Å². The SMILES string of the molecule is CCNC(=NCC1CCCN(C(C)C)C1)N1CCN(c2ccccc2)CC1.I. The molecule has 3 rings (SSSR count). The summed E-state index contributed by atoms with van der Waals surface area (Å²) in [6.07, 6.45) is 2.62. The molecule has 6 heteroatoms. The van der Waals surface area contributed by atoms with Crippen molar-refractivity contribution in [3.63, 3.8) is 0 Å². The van der Waals surface area contributed by atoms with Gasteiger partial charge in [-0.15, -0.1) is 24.0 Å². The van der Waals surface area contributed by atoms with Crippen molar-refractivity contribution in [3.05, 3.63) is 30.3 Å². The van der Waals surface area contributed by atoms with Crippen LogP contribution in [0.3, 0.4) is 0 Å². The van der Waals surface area contributed by atoms with Crippen LogP contribution in [-0.4, -0.2) is 74.2 Å². The van der Waals surface area contributed by atoms with E-state index in [9.17, 15) is 0 Å². The molecule has 0 aromatic heterocycles. The Labute approximate surface area is 188 Å². The van der Waals surface area contributed by atoms with Gasteiger partial charge in [0.25, 0.3) is 0 Å². The first-order valence-electron chi connectivity index (χ1n) is 10.7. The predicted octanol–water partition coefficient (Wildman–Crippen LogP) is 3.51. The Balaban J connectivity index is 0.00000280. The number of anilines is 1. The van der Waals surface area contributed by atoms with Gasteiger partial charge in [0, 0.05) is 57.5 Å². The van der Waals surface area contributed by atoms with E-state index < -0.39 is 0 Å². The topological polar surface area (TPSA) is 34.1 Å². The van der Waals surface area contributed by atoms with Crippen molar-refractivity contribution in [2.24, 2.45) is 10.9 Å². The van der Waals surface area contributed by atoms with Gasteiger partial charge < -0.3 is 20.0 Å². The number of guanidine groups is 1. The smallest absolute Gasteiger partial charge is 0.194 e. The molecule has 2 saturated heterocycles. The van der Waals surface area contributed by atoms with E-state index in [2.05, 4.69) is 71.1 Å². The number of para-hydroxylation sites is 1. The minimum absolute atomic E-state index is 0. The first-order chi connectivity index (χ1) is 13.2. The Morgan fingerprint density at radius 3 is 2.46 bits per heavy atom. The van der Waals surface area contributed by atoms with Gasteiger partial charge in [0.2, 0.25) is 0 Å². The first-order valence-corrected chi connectivity index (χ1v) is 10.7. The summed E-state index contributed by atoms with van der Waals surface area (Å²) in [6, 6.07) is 11.4. The van der Waals surface area contributed by atoms with Gasteiger partial charge in [0.15, 0.2) is 5.96 Å². The number of piperidine rings is 1. The summed E-state index contributed by atoms with van der Waals surface area (Å²) in [7, 11) is 0. The number of hydrogen-bond donors (Lipinski definition) is 1. The summed E-state index contributed by atoms with van der Waals surface area (Å²) in [5.74, 6) is 1.80. The summed E-state index contributed by atoms with van der Waals surface area (Å²) in [5.41, 5.74) is 1.33. The maximum Gasteiger partial charge on any atom is 0.194 e. The second kappa shape index (κ2) is 11.9. The van der Waals surface area contributed by atoms with E-state index in [1.165, 1.54) is 31.6 Å². The molecule has 2 aliphatic rings. The lowest BCUT2D eigenvalue weighted by atomic mass is 9.97. The van der Waals surface area contributed by atoms with Crippen LogP contribution in [0, 0.1) is 5.92 Å². The number of benzene rings is 1. The normalized spacial score (nSPS) is 21.6. The fraction of sp³-hybridized carbons (Fsp3) is 0.682. The molecular weight excluding hydrogens is 461 g/mol. The van der Waals surface area contributed by atoms with Gasteiger partial charge in [-0.3, -0.25) is 4.99 Å². The molecule has 0 radical (unpaired) electrons. The van der Waals surface area contributed by atoms with Crippen molar-refractivity contribution in [1.82, 2.24) is 15.1 Å². The molecule has 0 aliphatic carbocycles. The lowest BCUT2D eigenvalue weighted by Gasteiger charge is -2.38. The molecule has 28 heavy (non-hydrogen) atoms. The quantitative estimate of drug-likeness (QED) is 0.382. The van der Waals surface area contributed by atoms with Crippen LogP contribution in [0.15, 0.2) is 35.3 Å². The number of hydrogen-bond acceptors (Lipinski definition) is 3. The molecule has 0 saturated carbocycles. The van der Waals surface area contributed by atoms with Crippen molar-refractivity contribution in [2.75, 3.05) is 57.3 Å². The monoisotopic (exact) mass is 499 g/mol. The molecule has 1 unspecified atom stereocenters. The van der Waals surface area contributed by atoms with Gasteiger partial charge in [-0.2, -0.15) is 0 Å². The Morgan fingerprint density at radius 2 is 1.82 bits per heavy atom. The van der Waals surface area contributed by atoms with Crippen molar-refractivity contribution in [2.45, 2.75) is 39.7 Å². The van der Waals surface area contributed by atoms with Crippen LogP contribution in [0.1, 0.15) is 33.6 Å². The number of aliphatic imine (C=N–C) groups is 1. The third-order valence-corrected chi connectivity index (χ3v) is 5.82. The van der Waals surface area contributed by atoms with E-state index in [-0.39, 0.29) is 24.0 Å². The molecule has 158 valence electrons. The first kappa shape index (κ1) is 23.3. The third kappa shape index (κ3) is 6.51. The van der Waals surface area contributed by atoms with Crippen LogP contribution in [0.2, 0.25) is 0 Å². The maximum atomic E-state index is 5.04. The van der Waals surface area contributed by atoms with Crippen LogP contribution in [0.5, 0.6) is 0 Å². The zero-order valence-electron chi connectivity index (χ0n) is 17.8. The van der Waals surface area contributed by atoms with E-state index >= 15 is 0 Å². The van der Waals surface area contributed by atoms with Crippen LogP contribution in [0.25, 0.3) is 0 Å². The highest BCUT2D eigenvalue weighted by molar-refractivity contribution is 14.0. The third-order valence-electron chi connectivity index (χ3n) is 5.82. The number of rotatable bonds is 5. The Bertz CT molecular complexity index is 584. The standard InChI is InChI=1S/C22H37N5.HI/c1-4-23-22(24-17-20-9-8-12-27(18-20)19(2)3)26-15-13-25(14-16-26)21-10-6-5-7-11-21;/h5-7,10-11,19-20H,4,8-9,12-18H2,1-3H3,(H,23,24);1H. The highest BCUT2D eigenvalue weighted by atomic mass is 127. The van der Waals surface area contributed by atoms with Gasteiger partial charge in [0.05, 0.1) is 0 Å². The van der Waals surface area contributed by atoms with Gasteiger partial charge in [-0.25, -0.2) is 0 Å². The molecule has 0 spiro atoms. The van der Waals surface area contributed by atoms with Crippen molar-refractivity contribution in [1.29, 1.82) is 0 Å². The van der Waals surface area contributed by atoms with Crippen LogP contribution in [0.4, 0.5) is 5.69 Å². The van der Waals surface area contributed by atoms with E-state index in [0.29, 0.717) is 12.0 Å². The molecule has 1 N–H and O–H groups in total. The number of likely N-dealkylation sites (tertiary alicyclic amines) is 1. The fourth-order valence-electron chi connectivity index (χ4n) is 4.17. The van der Waals surface area contributed by atoms with Gasteiger partial charge >= 0.3 is 0 Å². The molecule has 5 nitrogen and oxygen atoms in total. The second-order valence-electron chi connectivity index (χ2n) is 8.10. The largest absolute Gasteiger partial charge is 0.368 e. The lowest BCUT2D eigenvalue weighted by Crippen LogP contribution is -2.52. The lowest BCUT2D eigenvalue weighted by molar-refractivity contribution is 0.143. The van der Waals surface area contributed by atoms with Crippen molar-refractivity contribution in [3.8, 4) is 0 Å². The van der Waals surface area contributed by atoms with Gasteiger partial charge in [0.1, 0.15) is 0 Å². The number of halogens is 1. The average molecular weight is 499 g/mol. The van der Waals surface area contributed by atoms with E-state index in [0.717, 1.165) is 45.2 Å². The zero-order chi connectivity index (χ0) is 19.1. The Morgan fingerprint density at radius 1 is 1.11 bits per heavy atom. The summed E-state index contributed by atoms with van der Waals surface area (Å²) in [5, 5.41) is 3.52. The molecular formula is C22H38IN5. The fourth-order valence-corrected chi connectivity index (χ4v) is 4.17. The maximum absolute atomic E-state index is 5.04. The summed E-state index contributed by atoms with van der Waals surface area (Å²) in [4.78, 5) is 12.6. The highest BCUT2D eigenvalue weighted by Crippen LogP contribution is 2.19. The summed E-state index contributed by atoms with van der Waals surface area (Å²) in [6.45, 7) is 15.3. The van der Waals surface area contributed by atoms with Crippen molar-refractivity contribution < 1.29 is 0 Å². The summed E-state index contributed by atoms with van der Waals surface area (Å²) >= 11 is 0. The Hall–Kier alpha value is -1.02. The van der Waals surface area contributed by atoms with Crippen molar-refractivity contribution >= 4 is 35.6 Å². The molecule has 0 amide bonds. The van der Waals surface area contributed by atoms with Crippen LogP contribution >= 0.6 is 24.0 Å². The number of piperazine rings is 1. The average Bonchev–Trinajstić information content (AvgIpc) is 2.72. The molecule has 1 atom stereocenters. The molecule has 1 aromatic carbocycles. The number of nitrogens with zero attached hydrogens (tertiary/aromatic N) is 4. The molecule has 2 fully saturated rings. The Kier molecular flexibility index (Phi) is 9.85. The van der Waals surface area contributed by atoms with E-state index in [1.54, 1.807) is 0 Å². The molecule has 1 aromatic rings. The number of nitrogens with one attached hydrogen (secondary N) is 1. The summed E-state index contributed by atoms with van der Waals surface area (Å²) < 4.78 is 0. The minimum Gasteiger partial charge on any atom is -0.368 e. The predicted molar refractivity (Wildman–Crippen MR) is 131 cm³/mol. The van der Waals surface area contributed by atoms with Crippen LogP contribution < -0.4 is 10.2 Å². The van der Waals surface area contributed by atoms with E-state index in [4.69, 9.17) is 4.99 Å². The van der Waals surface area contributed by atoms with Gasteiger partial charge in [-0.1, -0.05) is 18.2 Å². The molecule has 2 heterocycles. The zero-order valence-corrected chi connectivity index (χ0v) is 20.1.